The van der Waals surface area contributed by atoms with Crippen LogP contribution in [0.3, 0.4) is 0 Å². The fourth-order valence-electron chi connectivity index (χ4n) is 4.12. The van der Waals surface area contributed by atoms with Crippen LogP contribution in [0, 0.1) is 0 Å². The third-order valence-electron chi connectivity index (χ3n) is 5.65. The highest BCUT2D eigenvalue weighted by atomic mass is 32.2. The van der Waals surface area contributed by atoms with Crippen LogP contribution >= 0.6 is 0 Å². The summed E-state index contributed by atoms with van der Waals surface area (Å²) in [5, 5.41) is 5.54. The largest absolute Gasteiger partial charge is 0.454 e. The smallest absolute Gasteiger partial charge is 0.420 e. The van der Waals surface area contributed by atoms with Gasteiger partial charge in [-0.2, -0.15) is 13.2 Å². The number of nitrogens with zero attached hydrogens (tertiary/aromatic N) is 2. The summed E-state index contributed by atoms with van der Waals surface area (Å²) in [6.45, 7) is 0.0276. The molecule has 0 saturated carbocycles. The lowest BCUT2D eigenvalue weighted by Crippen LogP contribution is -2.22. The first-order valence-corrected chi connectivity index (χ1v) is 12.0. The highest BCUT2D eigenvalue weighted by Gasteiger charge is 2.38. The van der Waals surface area contributed by atoms with Gasteiger partial charge in [-0.05, 0) is 47.0 Å². The van der Waals surface area contributed by atoms with Crippen molar-refractivity contribution in [1.82, 2.24) is 0 Å². The van der Waals surface area contributed by atoms with Gasteiger partial charge in [0.25, 0.3) is 0 Å². The van der Waals surface area contributed by atoms with Gasteiger partial charge in [0.1, 0.15) is 5.56 Å². The number of sulfonamides is 1. The van der Waals surface area contributed by atoms with E-state index in [2.05, 4.69) is 0 Å². The number of primary sulfonamides is 1. The molecule has 1 heterocycles. The van der Waals surface area contributed by atoms with Crippen LogP contribution in [0.2, 0.25) is 0 Å². The van der Waals surface area contributed by atoms with E-state index in [1.807, 2.05) is 0 Å². The van der Waals surface area contributed by atoms with Gasteiger partial charge in [-0.15, -0.1) is 0 Å². The van der Waals surface area contributed by atoms with Crippen LogP contribution in [0.4, 0.5) is 24.5 Å². The van der Waals surface area contributed by atoms with Crippen molar-refractivity contribution in [1.29, 1.82) is 0 Å². The van der Waals surface area contributed by atoms with Gasteiger partial charge in [0.05, 0.1) is 16.3 Å². The second-order valence-corrected chi connectivity index (χ2v) is 10.00. The van der Waals surface area contributed by atoms with E-state index in [-0.39, 0.29) is 28.6 Å². The fraction of sp³-hybridized carbons (Fsp3) is 0.250. The Hall–Kier alpha value is -3.44. The number of fused-ring (bicyclic) bond motifs is 1. The van der Waals surface area contributed by atoms with E-state index in [0.29, 0.717) is 28.2 Å². The van der Waals surface area contributed by atoms with E-state index < -0.39 is 21.8 Å². The first-order valence-electron chi connectivity index (χ1n) is 10.4. The van der Waals surface area contributed by atoms with E-state index in [1.54, 1.807) is 24.3 Å². The second-order valence-electron chi connectivity index (χ2n) is 8.47. The Balaban J connectivity index is 2.08. The summed E-state index contributed by atoms with van der Waals surface area (Å²) in [7, 11) is 1.90. The molecule has 3 aromatic rings. The first kappa shape index (κ1) is 24.7. The van der Waals surface area contributed by atoms with Gasteiger partial charge in [0, 0.05) is 33.8 Å². The number of halogens is 3. The molecule has 1 aliphatic rings. The number of ether oxygens (including phenoxy) is 2. The molecular formula is C24H24F3N3O4S. The second kappa shape index (κ2) is 8.65. The molecular weight excluding hydrogens is 483 g/mol. The van der Waals surface area contributed by atoms with E-state index in [1.165, 1.54) is 62.3 Å². The Kier molecular flexibility index (Phi) is 6.10. The molecule has 0 saturated heterocycles. The number of anilines is 2. The molecule has 4 rings (SSSR count). The maximum Gasteiger partial charge on any atom is 0.420 e. The molecule has 0 atom stereocenters. The van der Waals surface area contributed by atoms with Gasteiger partial charge < -0.3 is 19.3 Å². The third-order valence-corrected chi connectivity index (χ3v) is 6.60. The van der Waals surface area contributed by atoms with Gasteiger partial charge >= 0.3 is 6.18 Å². The van der Waals surface area contributed by atoms with E-state index in [0.717, 1.165) is 0 Å². The fourth-order valence-corrected chi connectivity index (χ4v) is 4.90. The Morgan fingerprint density at radius 2 is 1.46 bits per heavy atom. The molecule has 0 aromatic heterocycles. The van der Waals surface area contributed by atoms with Gasteiger partial charge in [-0.25, -0.2) is 13.6 Å². The number of alkyl halides is 3. The van der Waals surface area contributed by atoms with Crippen LogP contribution in [0.5, 0.6) is 11.5 Å². The number of rotatable bonds is 5. The molecule has 3 aromatic carbocycles. The highest BCUT2D eigenvalue weighted by Crippen LogP contribution is 2.47. The van der Waals surface area contributed by atoms with Crippen molar-refractivity contribution in [3.05, 3.63) is 54.1 Å². The molecule has 0 unspecified atom stereocenters. The normalized spacial score (nSPS) is 13.1. The molecule has 11 heteroatoms. The Labute approximate surface area is 201 Å². The van der Waals surface area contributed by atoms with Crippen LogP contribution in [-0.2, 0) is 16.2 Å². The molecule has 186 valence electrons. The van der Waals surface area contributed by atoms with E-state index in [4.69, 9.17) is 14.6 Å². The predicted octanol–water partition coefficient (Wildman–Crippen LogP) is 4.55. The molecule has 35 heavy (non-hydrogen) atoms. The van der Waals surface area contributed by atoms with Crippen molar-refractivity contribution in [3.8, 4) is 33.8 Å². The van der Waals surface area contributed by atoms with Crippen LogP contribution in [0.15, 0.2) is 53.4 Å². The zero-order valence-electron chi connectivity index (χ0n) is 19.5. The minimum Gasteiger partial charge on any atom is -0.454 e. The molecule has 0 aliphatic carbocycles. The zero-order chi connectivity index (χ0) is 25.7. The first-order chi connectivity index (χ1) is 16.3. The molecule has 2 N–H and O–H groups in total. The van der Waals surface area contributed by atoms with Crippen LogP contribution in [0.25, 0.3) is 22.3 Å². The van der Waals surface area contributed by atoms with Crippen molar-refractivity contribution in [2.45, 2.75) is 11.1 Å². The summed E-state index contributed by atoms with van der Waals surface area (Å²) in [4.78, 5) is 2.60. The summed E-state index contributed by atoms with van der Waals surface area (Å²) < 4.78 is 78.1. The van der Waals surface area contributed by atoms with Crippen molar-refractivity contribution in [2.75, 3.05) is 44.8 Å². The van der Waals surface area contributed by atoms with Crippen LogP contribution in [0.1, 0.15) is 5.56 Å². The third kappa shape index (κ3) is 4.61. The van der Waals surface area contributed by atoms with Gasteiger partial charge in [-0.3, -0.25) is 0 Å². The Morgan fingerprint density at radius 1 is 0.857 bits per heavy atom. The van der Waals surface area contributed by atoms with Crippen molar-refractivity contribution < 1.29 is 31.1 Å². The molecule has 0 spiro atoms. The van der Waals surface area contributed by atoms with E-state index >= 15 is 0 Å². The standard InChI is InChI=1S/C24H24F3N3O4S/c1-29(2)17-10-15(11-18(30(3)4)23(17)24(25,26)27)16-6-5-7-21(35(28,31)32)22(16)14-8-9-19-20(12-14)34-13-33-19/h5-12H,13H2,1-4H3,(H2,28,31,32). The van der Waals surface area contributed by atoms with Gasteiger partial charge in [0.2, 0.25) is 16.8 Å². The maximum atomic E-state index is 14.1. The molecule has 0 radical (unpaired) electrons. The highest BCUT2D eigenvalue weighted by molar-refractivity contribution is 7.89. The van der Waals surface area contributed by atoms with E-state index in [9.17, 15) is 21.6 Å². The van der Waals surface area contributed by atoms with Crippen LogP contribution < -0.4 is 24.4 Å². The van der Waals surface area contributed by atoms with Gasteiger partial charge in [-0.1, -0.05) is 18.2 Å². The lowest BCUT2D eigenvalue weighted by molar-refractivity contribution is -0.136. The number of hydrogen-bond acceptors (Lipinski definition) is 6. The summed E-state index contributed by atoms with van der Waals surface area (Å²) in [6.07, 6.45) is -4.61. The van der Waals surface area contributed by atoms with Gasteiger partial charge in [0.15, 0.2) is 11.5 Å². The minimum atomic E-state index is -4.61. The lowest BCUT2D eigenvalue weighted by atomic mass is 9.92. The monoisotopic (exact) mass is 507 g/mol. The van der Waals surface area contributed by atoms with Crippen molar-refractivity contribution in [2.24, 2.45) is 5.14 Å². The van der Waals surface area contributed by atoms with Crippen molar-refractivity contribution >= 4 is 21.4 Å². The molecule has 0 fully saturated rings. The zero-order valence-corrected chi connectivity index (χ0v) is 20.3. The average Bonchev–Trinajstić information content (AvgIpc) is 3.24. The topological polar surface area (TPSA) is 85.1 Å². The summed E-state index contributed by atoms with van der Waals surface area (Å²) in [6, 6.07) is 12.2. The summed E-state index contributed by atoms with van der Waals surface area (Å²) in [5.74, 6) is 0.927. The van der Waals surface area contributed by atoms with Crippen molar-refractivity contribution in [3.63, 3.8) is 0 Å². The lowest BCUT2D eigenvalue weighted by Gasteiger charge is -2.27. The summed E-state index contributed by atoms with van der Waals surface area (Å²) in [5.41, 5.74) is 0.601. The Morgan fingerprint density at radius 3 is 2.00 bits per heavy atom. The predicted molar refractivity (Wildman–Crippen MR) is 128 cm³/mol. The quantitative estimate of drug-likeness (QED) is 0.546. The van der Waals surface area contributed by atoms with Crippen LogP contribution in [-0.4, -0.2) is 43.4 Å². The summed E-state index contributed by atoms with van der Waals surface area (Å²) >= 11 is 0. The number of benzene rings is 3. The number of nitrogens with two attached hydrogens (primary N) is 1. The SMILES string of the molecule is CN(C)c1cc(-c2cccc(S(N)(=O)=O)c2-c2ccc3c(c2)OCO3)cc(N(C)C)c1C(F)(F)F. The molecule has 1 aliphatic heterocycles. The average molecular weight is 508 g/mol. The molecule has 0 bridgehead atoms. The molecule has 7 nitrogen and oxygen atoms in total. The maximum absolute atomic E-state index is 14.1. The molecule has 0 amide bonds. The Bertz CT molecular complexity index is 1370. The number of hydrogen-bond donors (Lipinski definition) is 1. The minimum absolute atomic E-state index is 0.0276.